The maximum atomic E-state index is 12.8. The number of hydrogen-bond donors (Lipinski definition) is 1. The summed E-state index contributed by atoms with van der Waals surface area (Å²) >= 11 is 2.79. The van der Waals surface area contributed by atoms with Crippen LogP contribution in [0.5, 0.6) is 5.75 Å². The van der Waals surface area contributed by atoms with Gasteiger partial charge < -0.3 is 4.74 Å². The Kier molecular flexibility index (Phi) is 5.07. The molecule has 2 aromatic carbocycles. The number of nitro groups is 1. The van der Waals surface area contributed by atoms with Crippen LogP contribution in [0.4, 0.5) is 29.3 Å². The van der Waals surface area contributed by atoms with Crippen molar-refractivity contribution in [3.05, 3.63) is 62.6 Å². The average molecular weight is 405 g/mol. The minimum absolute atomic E-state index is 0.00579. The van der Waals surface area contributed by atoms with E-state index in [-0.39, 0.29) is 21.6 Å². The fourth-order valence-electron chi connectivity index (χ4n) is 1.71. The van der Waals surface area contributed by atoms with Gasteiger partial charge in [0.15, 0.2) is 0 Å². The van der Waals surface area contributed by atoms with Crippen molar-refractivity contribution in [1.82, 2.24) is 0 Å². The number of anilines is 1. The summed E-state index contributed by atoms with van der Waals surface area (Å²) in [7, 11) is 0. The van der Waals surface area contributed by atoms with E-state index in [1.165, 1.54) is 18.2 Å². The second-order valence-electron chi connectivity index (χ2n) is 4.46. The third-order valence-corrected chi connectivity index (χ3v) is 3.47. The van der Waals surface area contributed by atoms with Gasteiger partial charge in [0.05, 0.1) is 10.5 Å². The highest BCUT2D eigenvalue weighted by Crippen LogP contribution is 2.36. The van der Waals surface area contributed by atoms with Crippen molar-refractivity contribution >= 4 is 33.4 Å². The van der Waals surface area contributed by atoms with E-state index in [2.05, 4.69) is 21.2 Å². The third kappa shape index (κ3) is 4.44. The number of halogens is 4. The molecule has 0 atom stereocenters. The molecule has 0 saturated heterocycles. The summed E-state index contributed by atoms with van der Waals surface area (Å²) < 4.78 is 43.0. The number of ether oxygens (including phenoxy) is 1. The summed E-state index contributed by atoms with van der Waals surface area (Å²) in [5, 5.41) is 12.7. The topological polar surface area (TPSA) is 81.5 Å². The number of non-ortho nitro benzene ring substituents is 1. The van der Waals surface area contributed by atoms with Gasteiger partial charge in [-0.3, -0.25) is 15.4 Å². The number of amides is 1. The first-order valence-electron chi connectivity index (χ1n) is 6.27. The number of hydrogen-bond acceptors (Lipinski definition) is 4. The number of nitro benzene ring substituents is 1. The molecule has 0 spiro atoms. The Morgan fingerprint density at radius 1 is 1.17 bits per heavy atom. The average Bonchev–Trinajstić information content (AvgIpc) is 2.48. The molecule has 0 aliphatic heterocycles. The molecule has 1 amide bonds. The minimum Gasteiger partial charge on any atom is -0.410 e. The number of carbonyl (C=O) groups excluding carboxylic acids is 1. The lowest BCUT2D eigenvalue weighted by Gasteiger charge is -2.12. The Labute approximate surface area is 141 Å². The summed E-state index contributed by atoms with van der Waals surface area (Å²) in [6.45, 7) is 0. The second kappa shape index (κ2) is 6.87. The molecule has 0 unspecified atom stereocenters. The molecular weight excluding hydrogens is 397 g/mol. The van der Waals surface area contributed by atoms with Gasteiger partial charge in [-0.1, -0.05) is 15.9 Å². The van der Waals surface area contributed by atoms with Gasteiger partial charge in [0.25, 0.3) is 5.69 Å². The van der Waals surface area contributed by atoms with Crippen molar-refractivity contribution in [2.75, 3.05) is 5.32 Å². The van der Waals surface area contributed by atoms with Crippen LogP contribution in [-0.2, 0) is 6.18 Å². The molecule has 0 heterocycles. The lowest BCUT2D eigenvalue weighted by molar-refractivity contribution is -0.384. The maximum absolute atomic E-state index is 12.8. The number of nitrogens with one attached hydrogen (secondary N) is 1. The Hall–Kier alpha value is -2.62. The van der Waals surface area contributed by atoms with Gasteiger partial charge in [0.1, 0.15) is 5.75 Å². The molecule has 10 heteroatoms. The van der Waals surface area contributed by atoms with Gasteiger partial charge >= 0.3 is 12.3 Å². The minimum atomic E-state index is -4.58. The Morgan fingerprint density at radius 3 is 2.33 bits per heavy atom. The van der Waals surface area contributed by atoms with Gasteiger partial charge in [0, 0.05) is 22.3 Å². The zero-order valence-corrected chi connectivity index (χ0v) is 13.2. The van der Waals surface area contributed by atoms with Crippen molar-refractivity contribution in [3.8, 4) is 5.75 Å². The standard InChI is InChI=1S/C14H8BrF3N2O4/c15-12-6-1-8(7-11(12)14(16,17)18)19-13(21)24-10-4-2-9(3-5-10)20(22)23/h1-7H,(H,19,21). The molecule has 0 bridgehead atoms. The van der Waals surface area contributed by atoms with Crippen molar-refractivity contribution in [2.24, 2.45) is 0 Å². The molecule has 6 nitrogen and oxygen atoms in total. The van der Waals surface area contributed by atoms with Crippen LogP contribution < -0.4 is 10.1 Å². The highest BCUT2D eigenvalue weighted by Gasteiger charge is 2.33. The molecular formula is C14H8BrF3N2O4. The highest BCUT2D eigenvalue weighted by molar-refractivity contribution is 9.10. The van der Waals surface area contributed by atoms with Gasteiger partial charge in [-0.25, -0.2) is 4.79 Å². The van der Waals surface area contributed by atoms with Crippen LogP contribution in [0.3, 0.4) is 0 Å². The molecule has 24 heavy (non-hydrogen) atoms. The Morgan fingerprint density at radius 2 is 1.79 bits per heavy atom. The Balaban J connectivity index is 2.08. The fourth-order valence-corrected chi connectivity index (χ4v) is 2.18. The van der Waals surface area contributed by atoms with E-state index in [0.717, 1.165) is 24.3 Å². The lowest BCUT2D eigenvalue weighted by Crippen LogP contribution is -2.17. The first-order chi connectivity index (χ1) is 11.2. The number of benzene rings is 2. The highest BCUT2D eigenvalue weighted by atomic mass is 79.9. The Bertz CT molecular complexity index is 779. The molecule has 2 aromatic rings. The van der Waals surface area contributed by atoms with Crippen LogP contribution in [0.2, 0.25) is 0 Å². The summed E-state index contributed by atoms with van der Waals surface area (Å²) in [6, 6.07) is 7.80. The fraction of sp³-hybridized carbons (Fsp3) is 0.0714. The van der Waals surface area contributed by atoms with E-state index >= 15 is 0 Å². The smallest absolute Gasteiger partial charge is 0.410 e. The zero-order chi connectivity index (χ0) is 17.9. The van der Waals surface area contributed by atoms with Crippen LogP contribution in [0.1, 0.15) is 5.56 Å². The van der Waals surface area contributed by atoms with Gasteiger partial charge in [-0.15, -0.1) is 0 Å². The molecule has 126 valence electrons. The van der Waals surface area contributed by atoms with Crippen molar-refractivity contribution in [1.29, 1.82) is 0 Å². The second-order valence-corrected chi connectivity index (χ2v) is 5.31. The predicted molar refractivity (Wildman–Crippen MR) is 81.9 cm³/mol. The first-order valence-corrected chi connectivity index (χ1v) is 7.06. The summed E-state index contributed by atoms with van der Waals surface area (Å²) in [6.07, 6.45) is -5.61. The van der Waals surface area contributed by atoms with Crippen LogP contribution in [0.25, 0.3) is 0 Å². The summed E-state index contributed by atoms with van der Waals surface area (Å²) in [5.74, 6) is 0.00579. The molecule has 0 radical (unpaired) electrons. The molecule has 0 fully saturated rings. The van der Waals surface area contributed by atoms with Gasteiger partial charge in [-0.05, 0) is 30.3 Å². The van der Waals surface area contributed by atoms with E-state index < -0.39 is 22.8 Å². The van der Waals surface area contributed by atoms with Crippen LogP contribution in [0.15, 0.2) is 46.9 Å². The summed E-state index contributed by atoms with van der Waals surface area (Å²) in [4.78, 5) is 21.6. The molecule has 0 aromatic heterocycles. The van der Waals surface area contributed by atoms with E-state index in [9.17, 15) is 28.1 Å². The first kappa shape index (κ1) is 17.7. The largest absolute Gasteiger partial charge is 0.417 e. The molecule has 0 saturated carbocycles. The van der Waals surface area contributed by atoms with Crippen LogP contribution in [-0.4, -0.2) is 11.0 Å². The summed E-state index contributed by atoms with van der Waals surface area (Å²) in [5.41, 5.74) is -1.25. The molecule has 2 rings (SSSR count). The molecule has 0 aliphatic rings. The number of carbonyl (C=O) groups is 1. The van der Waals surface area contributed by atoms with E-state index in [1.54, 1.807) is 0 Å². The van der Waals surface area contributed by atoms with Crippen molar-refractivity contribution in [2.45, 2.75) is 6.18 Å². The van der Waals surface area contributed by atoms with E-state index in [0.29, 0.717) is 0 Å². The van der Waals surface area contributed by atoms with E-state index in [4.69, 9.17) is 4.74 Å². The van der Waals surface area contributed by atoms with Crippen LogP contribution >= 0.6 is 15.9 Å². The van der Waals surface area contributed by atoms with Crippen LogP contribution in [0, 0.1) is 10.1 Å². The van der Waals surface area contributed by atoms with Gasteiger partial charge in [-0.2, -0.15) is 13.2 Å². The van der Waals surface area contributed by atoms with Crippen molar-refractivity contribution in [3.63, 3.8) is 0 Å². The zero-order valence-electron chi connectivity index (χ0n) is 11.6. The maximum Gasteiger partial charge on any atom is 0.417 e. The monoisotopic (exact) mass is 404 g/mol. The van der Waals surface area contributed by atoms with Gasteiger partial charge in [0.2, 0.25) is 0 Å². The number of nitrogens with zero attached hydrogens (tertiary/aromatic N) is 1. The quantitative estimate of drug-likeness (QED) is 0.577. The van der Waals surface area contributed by atoms with E-state index in [1.807, 2.05) is 0 Å². The predicted octanol–water partition coefficient (Wildman–Crippen LogP) is 4.99. The molecule has 0 aliphatic carbocycles. The number of rotatable bonds is 3. The lowest BCUT2D eigenvalue weighted by atomic mass is 10.2. The van der Waals surface area contributed by atoms with Crippen molar-refractivity contribution < 1.29 is 27.6 Å². The number of alkyl halides is 3. The molecule has 1 N–H and O–H groups in total. The normalized spacial score (nSPS) is 11.0. The SMILES string of the molecule is O=C(Nc1ccc(Br)c(C(F)(F)F)c1)Oc1ccc([N+](=O)[O-])cc1. The third-order valence-electron chi connectivity index (χ3n) is 2.78.